The summed E-state index contributed by atoms with van der Waals surface area (Å²) in [6.07, 6.45) is 0. The van der Waals surface area contributed by atoms with Crippen molar-refractivity contribution in [2.75, 3.05) is 5.32 Å². The van der Waals surface area contributed by atoms with Crippen LogP contribution in [0.25, 0.3) is 0 Å². The molecule has 0 atom stereocenters. The Bertz CT molecular complexity index is 588. The number of nitrogens with one attached hydrogen (secondary N) is 1. The SMILES string of the molecule is CC(=O)Nc1cccc(Cn2ncsc2=O)c1. The smallest absolute Gasteiger partial charge is 0.325 e. The zero-order valence-electron chi connectivity index (χ0n) is 9.21. The fourth-order valence-corrected chi connectivity index (χ4v) is 1.95. The highest BCUT2D eigenvalue weighted by Crippen LogP contribution is 2.11. The predicted molar refractivity (Wildman–Crippen MR) is 66.2 cm³/mol. The van der Waals surface area contributed by atoms with Gasteiger partial charge in [0.15, 0.2) is 0 Å². The van der Waals surface area contributed by atoms with Crippen LogP contribution in [0.1, 0.15) is 12.5 Å². The van der Waals surface area contributed by atoms with Crippen molar-refractivity contribution in [1.82, 2.24) is 9.78 Å². The van der Waals surface area contributed by atoms with Gasteiger partial charge in [0.1, 0.15) is 5.51 Å². The maximum atomic E-state index is 11.3. The summed E-state index contributed by atoms with van der Waals surface area (Å²) in [4.78, 5) is 22.2. The van der Waals surface area contributed by atoms with E-state index in [0.717, 1.165) is 22.6 Å². The minimum atomic E-state index is -0.118. The molecule has 0 aliphatic heterocycles. The average Bonchev–Trinajstić information content (AvgIpc) is 2.64. The first-order valence-electron chi connectivity index (χ1n) is 5.02. The lowest BCUT2D eigenvalue weighted by molar-refractivity contribution is -0.114. The van der Waals surface area contributed by atoms with E-state index in [1.807, 2.05) is 18.2 Å². The number of carbonyl (C=O) groups excluding carboxylic acids is 1. The molecule has 0 saturated carbocycles. The van der Waals surface area contributed by atoms with Gasteiger partial charge in [-0.1, -0.05) is 23.5 Å². The van der Waals surface area contributed by atoms with Crippen LogP contribution in [-0.2, 0) is 11.3 Å². The highest BCUT2D eigenvalue weighted by Gasteiger charge is 2.02. The Labute approximate surface area is 102 Å². The second kappa shape index (κ2) is 4.92. The fraction of sp³-hybridized carbons (Fsp3) is 0.182. The number of hydrogen-bond donors (Lipinski definition) is 1. The third-order valence-corrected chi connectivity index (χ3v) is 2.74. The molecular weight excluding hydrogens is 238 g/mol. The van der Waals surface area contributed by atoms with Gasteiger partial charge in [-0.25, -0.2) is 4.68 Å². The average molecular weight is 249 g/mol. The van der Waals surface area contributed by atoms with E-state index in [4.69, 9.17) is 0 Å². The molecule has 0 saturated heterocycles. The van der Waals surface area contributed by atoms with E-state index in [2.05, 4.69) is 10.4 Å². The van der Waals surface area contributed by atoms with Gasteiger partial charge in [0, 0.05) is 12.6 Å². The standard InChI is InChI=1S/C11H11N3O2S/c1-8(15)13-10-4-2-3-9(5-10)6-14-11(16)17-7-12-14/h2-5,7H,6H2,1H3,(H,13,15). The molecule has 1 amide bonds. The molecule has 0 unspecified atom stereocenters. The van der Waals surface area contributed by atoms with E-state index in [1.165, 1.54) is 17.1 Å². The van der Waals surface area contributed by atoms with Crippen LogP contribution in [0.3, 0.4) is 0 Å². The Morgan fingerprint density at radius 3 is 3.00 bits per heavy atom. The van der Waals surface area contributed by atoms with E-state index >= 15 is 0 Å². The molecular formula is C11H11N3O2S. The monoisotopic (exact) mass is 249 g/mol. The number of aromatic nitrogens is 2. The molecule has 1 aromatic carbocycles. The molecule has 6 heteroatoms. The van der Waals surface area contributed by atoms with Gasteiger partial charge in [-0.15, -0.1) is 0 Å². The minimum absolute atomic E-state index is 0.0880. The second-order valence-corrected chi connectivity index (χ2v) is 4.34. The van der Waals surface area contributed by atoms with Crippen LogP contribution in [0.15, 0.2) is 34.6 Å². The zero-order valence-corrected chi connectivity index (χ0v) is 10.0. The van der Waals surface area contributed by atoms with Crippen molar-refractivity contribution in [2.45, 2.75) is 13.5 Å². The Morgan fingerprint density at radius 2 is 2.35 bits per heavy atom. The summed E-state index contributed by atoms with van der Waals surface area (Å²) in [6.45, 7) is 1.87. The van der Waals surface area contributed by atoms with Gasteiger partial charge in [-0.3, -0.25) is 9.59 Å². The third kappa shape index (κ3) is 3.01. The number of carbonyl (C=O) groups is 1. The maximum absolute atomic E-state index is 11.3. The van der Waals surface area contributed by atoms with Crippen LogP contribution in [0, 0.1) is 0 Å². The first kappa shape index (κ1) is 11.5. The van der Waals surface area contributed by atoms with Crippen LogP contribution in [0.5, 0.6) is 0 Å². The summed E-state index contributed by atoms with van der Waals surface area (Å²) in [6, 6.07) is 7.34. The first-order chi connectivity index (χ1) is 8.15. The topological polar surface area (TPSA) is 64.0 Å². The summed E-state index contributed by atoms with van der Waals surface area (Å²) in [5.41, 5.74) is 3.16. The molecule has 0 aliphatic rings. The van der Waals surface area contributed by atoms with Crippen LogP contribution in [0.4, 0.5) is 5.69 Å². The molecule has 0 radical (unpaired) electrons. The number of hydrogen-bond acceptors (Lipinski definition) is 4. The van der Waals surface area contributed by atoms with Gasteiger partial charge in [0.2, 0.25) is 5.91 Å². The van der Waals surface area contributed by atoms with Gasteiger partial charge in [0.05, 0.1) is 6.54 Å². The first-order valence-corrected chi connectivity index (χ1v) is 5.90. The van der Waals surface area contributed by atoms with Crippen LogP contribution >= 0.6 is 11.3 Å². The maximum Gasteiger partial charge on any atom is 0.325 e. The Balaban J connectivity index is 2.19. The Morgan fingerprint density at radius 1 is 1.53 bits per heavy atom. The van der Waals surface area contributed by atoms with Crippen molar-refractivity contribution < 1.29 is 4.79 Å². The summed E-state index contributed by atoms with van der Waals surface area (Å²) >= 11 is 1.07. The molecule has 0 bridgehead atoms. The number of nitrogens with zero attached hydrogens (tertiary/aromatic N) is 2. The van der Waals surface area contributed by atoms with Crippen LogP contribution < -0.4 is 10.2 Å². The summed E-state index contributed by atoms with van der Waals surface area (Å²) in [5, 5.41) is 6.63. The van der Waals surface area contributed by atoms with Crippen molar-refractivity contribution in [3.63, 3.8) is 0 Å². The Hall–Kier alpha value is -1.95. The number of anilines is 1. The lowest BCUT2D eigenvalue weighted by Crippen LogP contribution is -2.15. The highest BCUT2D eigenvalue weighted by atomic mass is 32.1. The van der Waals surface area contributed by atoms with E-state index in [1.54, 1.807) is 6.07 Å². The molecule has 1 N–H and O–H groups in total. The van der Waals surface area contributed by atoms with E-state index in [-0.39, 0.29) is 10.8 Å². The van der Waals surface area contributed by atoms with Crippen molar-refractivity contribution in [3.8, 4) is 0 Å². The fourth-order valence-electron chi connectivity index (χ4n) is 1.46. The Kier molecular flexibility index (Phi) is 3.34. The lowest BCUT2D eigenvalue weighted by atomic mass is 10.2. The van der Waals surface area contributed by atoms with Crippen LogP contribution in [-0.4, -0.2) is 15.7 Å². The molecule has 2 rings (SSSR count). The van der Waals surface area contributed by atoms with Gasteiger partial charge < -0.3 is 5.32 Å². The van der Waals surface area contributed by atoms with Crippen molar-refractivity contribution in [1.29, 1.82) is 0 Å². The molecule has 0 fully saturated rings. The molecule has 88 valence electrons. The van der Waals surface area contributed by atoms with Crippen molar-refractivity contribution in [2.24, 2.45) is 0 Å². The van der Waals surface area contributed by atoms with Crippen molar-refractivity contribution in [3.05, 3.63) is 45.0 Å². The van der Waals surface area contributed by atoms with Crippen LogP contribution in [0.2, 0.25) is 0 Å². The molecule has 0 aliphatic carbocycles. The predicted octanol–water partition coefficient (Wildman–Crippen LogP) is 1.31. The van der Waals surface area contributed by atoms with E-state index < -0.39 is 0 Å². The van der Waals surface area contributed by atoms with Gasteiger partial charge in [0.25, 0.3) is 0 Å². The van der Waals surface area contributed by atoms with Gasteiger partial charge in [-0.05, 0) is 17.7 Å². The van der Waals surface area contributed by atoms with E-state index in [9.17, 15) is 9.59 Å². The summed E-state index contributed by atoms with van der Waals surface area (Å²) < 4.78 is 1.39. The summed E-state index contributed by atoms with van der Waals surface area (Å²) in [7, 11) is 0. The minimum Gasteiger partial charge on any atom is -0.326 e. The number of amides is 1. The second-order valence-electron chi connectivity index (χ2n) is 3.54. The van der Waals surface area contributed by atoms with Crippen molar-refractivity contribution >= 4 is 22.9 Å². The summed E-state index contributed by atoms with van der Waals surface area (Å²) in [5.74, 6) is -0.118. The molecule has 5 nitrogen and oxygen atoms in total. The largest absolute Gasteiger partial charge is 0.326 e. The zero-order chi connectivity index (χ0) is 12.3. The van der Waals surface area contributed by atoms with Gasteiger partial charge >= 0.3 is 4.87 Å². The molecule has 1 heterocycles. The number of rotatable bonds is 3. The highest BCUT2D eigenvalue weighted by molar-refractivity contribution is 7.06. The molecule has 17 heavy (non-hydrogen) atoms. The number of benzene rings is 1. The van der Waals surface area contributed by atoms with Gasteiger partial charge in [-0.2, -0.15) is 5.10 Å². The quantitative estimate of drug-likeness (QED) is 0.892. The molecule has 0 spiro atoms. The lowest BCUT2D eigenvalue weighted by Gasteiger charge is -2.05. The normalized spacial score (nSPS) is 10.2. The third-order valence-electron chi connectivity index (χ3n) is 2.13. The van der Waals surface area contributed by atoms with E-state index in [0.29, 0.717) is 6.54 Å². The molecule has 1 aromatic heterocycles. The molecule has 2 aromatic rings.